The van der Waals surface area contributed by atoms with Gasteiger partial charge in [-0.2, -0.15) is 0 Å². The normalized spacial score (nSPS) is 26.2. The molecular formula is C19H21F3O4. The van der Waals surface area contributed by atoms with Gasteiger partial charge in [-0.3, -0.25) is 9.53 Å². The van der Waals surface area contributed by atoms with Gasteiger partial charge in [-0.1, -0.05) is 56.2 Å². The number of hydrogen-bond donors (Lipinski definition) is 2. The maximum absolute atomic E-state index is 12.9. The third-order valence-electron chi connectivity index (χ3n) is 4.76. The van der Waals surface area contributed by atoms with Gasteiger partial charge in [-0.05, 0) is 36.1 Å². The van der Waals surface area contributed by atoms with E-state index in [1.165, 1.54) is 13.0 Å². The monoisotopic (exact) mass is 370 g/mol. The van der Waals surface area contributed by atoms with Crippen molar-refractivity contribution in [2.24, 2.45) is 5.41 Å². The first kappa shape index (κ1) is 20.2. The molecule has 0 saturated carbocycles. The Morgan fingerprint density at radius 3 is 2.35 bits per heavy atom. The molecule has 2 rings (SSSR count). The van der Waals surface area contributed by atoms with Crippen molar-refractivity contribution < 1.29 is 32.9 Å². The average Bonchev–Trinajstić information content (AvgIpc) is 2.54. The Morgan fingerprint density at radius 1 is 1.23 bits per heavy atom. The molecule has 0 saturated heterocycles. The predicted molar refractivity (Wildman–Crippen MR) is 89.9 cm³/mol. The minimum atomic E-state index is -5.20. The summed E-state index contributed by atoms with van der Waals surface area (Å²) in [6.45, 7) is 3.22. The van der Waals surface area contributed by atoms with Crippen LogP contribution in [0, 0.1) is 5.41 Å². The second kappa shape index (κ2) is 7.25. The summed E-state index contributed by atoms with van der Waals surface area (Å²) in [5.41, 5.74) is -1.02. The maximum Gasteiger partial charge on any atom is 0.525 e. The Kier molecular flexibility index (Phi) is 5.63. The quantitative estimate of drug-likeness (QED) is 0.723. The lowest BCUT2D eigenvalue weighted by molar-refractivity contribution is -0.413. The summed E-state index contributed by atoms with van der Waals surface area (Å²) in [6.07, 6.45) is -2.46. The third-order valence-corrected chi connectivity index (χ3v) is 4.76. The highest BCUT2D eigenvalue weighted by molar-refractivity contribution is 5.89. The summed E-state index contributed by atoms with van der Waals surface area (Å²) in [4.78, 5) is 12.2. The number of benzene rings is 1. The van der Waals surface area contributed by atoms with E-state index < -0.39 is 23.5 Å². The van der Waals surface area contributed by atoms with Crippen molar-refractivity contribution in [3.8, 4) is 0 Å². The van der Waals surface area contributed by atoms with Gasteiger partial charge in [0.1, 0.15) is 5.41 Å². The van der Waals surface area contributed by atoms with Crippen molar-refractivity contribution in [3.05, 3.63) is 53.6 Å². The Morgan fingerprint density at radius 2 is 1.85 bits per heavy atom. The van der Waals surface area contributed by atoms with Crippen molar-refractivity contribution in [2.75, 3.05) is 0 Å². The summed E-state index contributed by atoms with van der Waals surface area (Å²) in [7, 11) is 0. The van der Waals surface area contributed by atoms with E-state index in [4.69, 9.17) is 0 Å². The van der Waals surface area contributed by atoms with E-state index in [0.29, 0.717) is 24.0 Å². The molecule has 0 amide bonds. The molecule has 0 bridgehead atoms. The molecule has 1 aliphatic carbocycles. The number of carbonyl (C=O) groups is 1. The number of hydrogen-bond acceptors (Lipinski definition) is 3. The van der Waals surface area contributed by atoms with Crippen LogP contribution in [-0.4, -0.2) is 28.3 Å². The number of carboxylic acid groups (broad SMARTS) is 1. The second-order valence-electron chi connectivity index (χ2n) is 6.30. The number of carboxylic acids is 1. The molecule has 1 aliphatic rings. The van der Waals surface area contributed by atoms with Gasteiger partial charge in [-0.25, -0.2) is 0 Å². The Balaban J connectivity index is 2.70. The van der Waals surface area contributed by atoms with Gasteiger partial charge < -0.3 is 10.2 Å². The number of unbranched alkanes of at least 4 members (excludes halogenated alkanes) is 1. The van der Waals surface area contributed by atoms with Crippen LogP contribution in [0.5, 0.6) is 0 Å². The highest BCUT2D eigenvalue weighted by Crippen LogP contribution is 2.52. The van der Waals surface area contributed by atoms with E-state index in [0.717, 1.165) is 6.08 Å². The van der Waals surface area contributed by atoms with Gasteiger partial charge in [0, 0.05) is 0 Å². The smallest absolute Gasteiger partial charge is 0.480 e. The lowest BCUT2D eigenvalue weighted by Gasteiger charge is -2.45. The molecule has 0 spiro atoms. The van der Waals surface area contributed by atoms with E-state index in [1.807, 2.05) is 0 Å². The highest BCUT2D eigenvalue weighted by atomic mass is 19.4. The molecule has 1 aromatic carbocycles. The molecule has 142 valence electrons. The Labute approximate surface area is 149 Å². The van der Waals surface area contributed by atoms with Crippen molar-refractivity contribution >= 4 is 11.5 Å². The van der Waals surface area contributed by atoms with Crippen LogP contribution in [0.2, 0.25) is 0 Å². The number of ether oxygens (including phenoxy) is 1. The summed E-state index contributed by atoms with van der Waals surface area (Å²) in [5, 5.41) is 20.6. The molecule has 0 radical (unpaired) electrons. The standard InChI is InChI=1S/C19H21F3O4/c1-3-4-11-17(16(23)24)13(2)15(14-8-6-5-7-9-14)10-12-18(17,25)26-19(20,21)22/h5-10,12,25H,3-4,11H2,1-2H3,(H,23,24). The summed E-state index contributed by atoms with van der Waals surface area (Å²) >= 11 is 0. The van der Waals surface area contributed by atoms with Crippen LogP contribution in [0.15, 0.2) is 48.1 Å². The van der Waals surface area contributed by atoms with Crippen molar-refractivity contribution in [1.29, 1.82) is 0 Å². The molecule has 26 heavy (non-hydrogen) atoms. The van der Waals surface area contributed by atoms with Crippen molar-refractivity contribution in [2.45, 2.75) is 45.3 Å². The molecule has 0 fully saturated rings. The summed E-state index contributed by atoms with van der Waals surface area (Å²) in [5.74, 6) is -4.60. The van der Waals surface area contributed by atoms with Crippen LogP contribution in [0.3, 0.4) is 0 Å². The molecule has 4 nitrogen and oxygen atoms in total. The second-order valence-corrected chi connectivity index (χ2v) is 6.30. The summed E-state index contributed by atoms with van der Waals surface area (Å²) < 4.78 is 42.8. The molecular weight excluding hydrogens is 349 g/mol. The fourth-order valence-electron chi connectivity index (χ4n) is 3.42. The minimum absolute atomic E-state index is 0.124. The van der Waals surface area contributed by atoms with E-state index in [2.05, 4.69) is 4.74 Å². The van der Waals surface area contributed by atoms with Crippen LogP contribution in [0.4, 0.5) is 13.2 Å². The lowest BCUT2D eigenvalue weighted by Crippen LogP contribution is -2.58. The van der Waals surface area contributed by atoms with Gasteiger partial charge >= 0.3 is 12.3 Å². The van der Waals surface area contributed by atoms with Gasteiger partial charge in [0.15, 0.2) is 0 Å². The van der Waals surface area contributed by atoms with Crippen molar-refractivity contribution in [3.63, 3.8) is 0 Å². The Hall–Kier alpha value is -2.12. The predicted octanol–water partition coefficient (Wildman–Crippen LogP) is 4.52. The number of halogens is 3. The largest absolute Gasteiger partial charge is 0.525 e. The maximum atomic E-state index is 12.9. The summed E-state index contributed by atoms with van der Waals surface area (Å²) in [6, 6.07) is 8.71. The van der Waals surface area contributed by atoms with Gasteiger partial charge in [0.25, 0.3) is 0 Å². The first-order valence-corrected chi connectivity index (χ1v) is 8.26. The average molecular weight is 370 g/mol. The molecule has 0 aliphatic heterocycles. The van der Waals surface area contributed by atoms with Crippen molar-refractivity contribution in [1.82, 2.24) is 0 Å². The fraction of sp³-hybridized carbons (Fsp3) is 0.421. The van der Waals surface area contributed by atoms with Gasteiger partial charge in [-0.15, -0.1) is 13.2 Å². The topological polar surface area (TPSA) is 66.8 Å². The van der Waals surface area contributed by atoms with Gasteiger partial charge in [0.05, 0.1) is 0 Å². The minimum Gasteiger partial charge on any atom is -0.480 e. The Bertz CT molecular complexity index is 724. The van der Waals surface area contributed by atoms with E-state index in [9.17, 15) is 28.2 Å². The zero-order valence-electron chi connectivity index (χ0n) is 14.5. The van der Waals surface area contributed by atoms with E-state index in [-0.39, 0.29) is 12.0 Å². The number of rotatable bonds is 6. The molecule has 2 atom stereocenters. The van der Waals surface area contributed by atoms with Crippen LogP contribution in [0.1, 0.15) is 38.7 Å². The first-order chi connectivity index (χ1) is 12.1. The number of allylic oxidation sites excluding steroid dienone is 2. The first-order valence-electron chi connectivity index (χ1n) is 8.26. The highest BCUT2D eigenvalue weighted by Gasteiger charge is 2.62. The lowest BCUT2D eigenvalue weighted by atomic mass is 9.65. The molecule has 7 heteroatoms. The fourth-order valence-corrected chi connectivity index (χ4v) is 3.42. The van der Waals surface area contributed by atoms with Crippen LogP contribution < -0.4 is 0 Å². The third kappa shape index (κ3) is 3.54. The SMILES string of the molecule is CCCCC1(C(=O)O)C(C)=C(c2ccccc2)C=CC1(O)OC(F)(F)F. The molecule has 1 aromatic rings. The van der Waals surface area contributed by atoms with Gasteiger partial charge in [0.2, 0.25) is 5.79 Å². The zero-order chi connectivity index (χ0) is 19.6. The van der Waals surface area contributed by atoms with E-state index >= 15 is 0 Å². The zero-order valence-corrected chi connectivity index (χ0v) is 14.5. The molecule has 0 aromatic heterocycles. The van der Waals surface area contributed by atoms with E-state index in [1.54, 1.807) is 37.3 Å². The number of aliphatic hydroxyl groups is 1. The molecule has 2 N–H and O–H groups in total. The van der Waals surface area contributed by atoms with Crippen LogP contribution in [0.25, 0.3) is 5.57 Å². The molecule has 0 heterocycles. The van der Waals surface area contributed by atoms with Crippen LogP contribution in [-0.2, 0) is 9.53 Å². The number of aliphatic carboxylic acids is 1. The number of alkyl halides is 3. The van der Waals surface area contributed by atoms with Crippen LogP contribution >= 0.6 is 0 Å². The molecule has 2 unspecified atom stereocenters.